The molecule has 20 heavy (non-hydrogen) atoms. The molecule has 1 aromatic carbocycles. The average Bonchev–Trinajstić information content (AvgIpc) is 2.45. The lowest BCUT2D eigenvalue weighted by molar-refractivity contribution is 0.421. The summed E-state index contributed by atoms with van der Waals surface area (Å²) < 4.78 is 19.3. The van der Waals surface area contributed by atoms with E-state index in [1.165, 1.54) is 12.4 Å². The van der Waals surface area contributed by atoms with E-state index in [-0.39, 0.29) is 5.75 Å². The Labute approximate surface area is 118 Å². The molecule has 2 aromatic rings. The standard InChI is InChI=1S/C15H18FN3O/c1-3-7-11-14(17-4-2)18-10-19-15(11)20-13-9-6-5-8-12(13)16/h5-6,8-10H,3-4,7H2,1-2H3,(H,17,18,19). The van der Waals surface area contributed by atoms with Gasteiger partial charge in [0, 0.05) is 6.54 Å². The highest BCUT2D eigenvalue weighted by Crippen LogP contribution is 2.29. The zero-order chi connectivity index (χ0) is 14.4. The number of hydrogen-bond acceptors (Lipinski definition) is 4. The summed E-state index contributed by atoms with van der Waals surface area (Å²) in [5.41, 5.74) is 0.875. The van der Waals surface area contributed by atoms with Crippen LogP contribution in [0.4, 0.5) is 10.2 Å². The molecule has 1 N–H and O–H groups in total. The lowest BCUT2D eigenvalue weighted by atomic mass is 10.1. The monoisotopic (exact) mass is 275 g/mol. The van der Waals surface area contributed by atoms with E-state index < -0.39 is 5.82 Å². The van der Waals surface area contributed by atoms with E-state index in [1.807, 2.05) is 6.92 Å². The van der Waals surface area contributed by atoms with Crippen molar-refractivity contribution >= 4 is 5.82 Å². The van der Waals surface area contributed by atoms with Gasteiger partial charge in [-0.15, -0.1) is 0 Å². The summed E-state index contributed by atoms with van der Waals surface area (Å²) in [4.78, 5) is 8.35. The molecule has 2 rings (SSSR count). The highest BCUT2D eigenvalue weighted by atomic mass is 19.1. The molecule has 0 radical (unpaired) electrons. The van der Waals surface area contributed by atoms with Gasteiger partial charge in [0.05, 0.1) is 5.56 Å². The molecule has 1 heterocycles. The van der Waals surface area contributed by atoms with Gasteiger partial charge in [0.25, 0.3) is 0 Å². The molecule has 0 spiro atoms. The van der Waals surface area contributed by atoms with Gasteiger partial charge in [-0.2, -0.15) is 0 Å². The van der Waals surface area contributed by atoms with Crippen molar-refractivity contribution in [1.82, 2.24) is 9.97 Å². The number of hydrogen-bond donors (Lipinski definition) is 1. The van der Waals surface area contributed by atoms with Crippen LogP contribution >= 0.6 is 0 Å². The normalized spacial score (nSPS) is 10.3. The van der Waals surface area contributed by atoms with Crippen LogP contribution in [0.2, 0.25) is 0 Å². The number of aromatic nitrogens is 2. The van der Waals surface area contributed by atoms with E-state index in [2.05, 4.69) is 22.2 Å². The molecular weight excluding hydrogens is 257 g/mol. The summed E-state index contributed by atoms with van der Waals surface area (Å²) in [5.74, 6) is 0.920. The van der Waals surface area contributed by atoms with Gasteiger partial charge in [-0.1, -0.05) is 25.5 Å². The Bertz CT molecular complexity index is 575. The van der Waals surface area contributed by atoms with Gasteiger partial charge in [-0.05, 0) is 25.5 Å². The first-order valence-corrected chi connectivity index (χ1v) is 6.76. The van der Waals surface area contributed by atoms with Gasteiger partial charge in [0.1, 0.15) is 12.1 Å². The van der Waals surface area contributed by atoms with E-state index >= 15 is 0 Å². The topological polar surface area (TPSA) is 47.0 Å². The largest absolute Gasteiger partial charge is 0.435 e. The Morgan fingerprint density at radius 3 is 2.70 bits per heavy atom. The maximum atomic E-state index is 13.7. The Kier molecular flexibility index (Phi) is 4.87. The minimum atomic E-state index is -0.404. The summed E-state index contributed by atoms with van der Waals surface area (Å²) in [7, 11) is 0. The summed E-state index contributed by atoms with van der Waals surface area (Å²) in [5, 5.41) is 3.18. The summed E-state index contributed by atoms with van der Waals surface area (Å²) in [6, 6.07) is 6.30. The minimum absolute atomic E-state index is 0.172. The van der Waals surface area contributed by atoms with Gasteiger partial charge in [-0.25, -0.2) is 14.4 Å². The van der Waals surface area contributed by atoms with Crippen molar-refractivity contribution < 1.29 is 9.13 Å². The molecule has 0 aliphatic carbocycles. The second-order valence-electron chi connectivity index (χ2n) is 4.32. The van der Waals surface area contributed by atoms with Crippen LogP contribution in [0.1, 0.15) is 25.8 Å². The van der Waals surface area contributed by atoms with Crippen LogP contribution in [0.3, 0.4) is 0 Å². The van der Waals surface area contributed by atoms with Crippen LogP contribution in [-0.2, 0) is 6.42 Å². The highest BCUT2D eigenvalue weighted by molar-refractivity contribution is 5.49. The van der Waals surface area contributed by atoms with Crippen LogP contribution in [0, 0.1) is 5.82 Å². The van der Waals surface area contributed by atoms with Gasteiger partial charge < -0.3 is 10.1 Å². The second-order valence-corrected chi connectivity index (χ2v) is 4.32. The molecule has 0 fully saturated rings. The molecule has 4 nitrogen and oxygen atoms in total. The molecule has 0 unspecified atom stereocenters. The van der Waals surface area contributed by atoms with E-state index in [0.717, 1.165) is 30.8 Å². The molecule has 0 amide bonds. The van der Waals surface area contributed by atoms with Gasteiger partial charge in [0.15, 0.2) is 11.6 Å². The van der Waals surface area contributed by atoms with Gasteiger partial charge in [0.2, 0.25) is 5.88 Å². The first-order chi connectivity index (χ1) is 9.76. The fourth-order valence-corrected chi connectivity index (χ4v) is 1.91. The van der Waals surface area contributed by atoms with Crippen molar-refractivity contribution in [3.63, 3.8) is 0 Å². The third-order valence-corrected chi connectivity index (χ3v) is 2.79. The predicted octanol–water partition coefficient (Wildman–Crippen LogP) is 3.79. The predicted molar refractivity (Wildman–Crippen MR) is 76.7 cm³/mol. The molecule has 106 valence electrons. The maximum absolute atomic E-state index is 13.7. The van der Waals surface area contributed by atoms with Crippen LogP contribution in [0.25, 0.3) is 0 Å². The van der Waals surface area contributed by atoms with Crippen LogP contribution in [-0.4, -0.2) is 16.5 Å². The van der Waals surface area contributed by atoms with Crippen molar-refractivity contribution in [3.8, 4) is 11.6 Å². The maximum Gasteiger partial charge on any atom is 0.227 e. The zero-order valence-electron chi connectivity index (χ0n) is 11.7. The molecular formula is C15H18FN3O. The van der Waals surface area contributed by atoms with Gasteiger partial charge in [-0.3, -0.25) is 0 Å². The molecule has 0 saturated carbocycles. The number of halogens is 1. The summed E-state index contributed by atoms with van der Waals surface area (Å²) >= 11 is 0. The SMILES string of the molecule is CCCc1c(NCC)ncnc1Oc1ccccc1F. The lowest BCUT2D eigenvalue weighted by Gasteiger charge is -2.13. The van der Waals surface area contributed by atoms with Crippen LogP contribution < -0.4 is 10.1 Å². The first-order valence-electron chi connectivity index (χ1n) is 6.76. The Balaban J connectivity index is 2.35. The second kappa shape index (κ2) is 6.84. The summed E-state index contributed by atoms with van der Waals surface area (Å²) in [6.45, 7) is 4.82. The van der Waals surface area contributed by atoms with E-state index in [9.17, 15) is 4.39 Å². The number of rotatable bonds is 6. The third kappa shape index (κ3) is 3.23. The first kappa shape index (κ1) is 14.2. The van der Waals surface area contributed by atoms with Crippen molar-refractivity contribution in [2.45, 2.75) is 26.7 Å². The van der Waals surface area contributed by atoms with Crippen molar-refractivity contribution in [2.24, 2.45) is 0 Å². The smallest absolute Gasteiger partial charge is 0.227 e. The van der Waals surface area contributed by atoms with Crippen molar-refractivity contribution in [1.29, 1.82) is 0 Å². The molecule has 0 aliphatic rings. The van der Waals surface area contributed by atoms with Crippen molar-refractivity contribution in [2.75, 3.05) is 11.9 Å². The van der Waals surface area contributed by atoms with Crippen molar-refractivity contribution in [3.05, 3.63) is 42.0 Å². The molecule has 0 atom stereocenters. The molecule has 0 bridgehead atoms. The average molecular weight is 275 g/mol. The van der Waals surface area contributed by atoms with E-state index in [4.69, 9.17) is 4.74 Å². The number of anilines is 1. The molecule has 0 saturated heterocycles. The Hall–Kier alpha value is -2.17. The quantitative estimate of drug-likeness (QED) is 0.871. The highest BCUT2D eigenvalue weighted by Gasteiger charge is 2.13. The lowest BCUT2D eigenvalue weighted by Crippen LogP contribution is -2.06. The third-order valence-electron chi connectivity index (χ3n) is 2.79. The number of para-hydroxylation sites is 1. The fraction of sp³-hybridized carbons (Fsp3) is 0.333. The molecule has 0 aliphatic heterocycles. The Morgan fingerprint density at radius 1 is 1.20 bits per heavy atom. The van der Waals surface area contributed by atoms with Crippen LogP contribution in [0.15, 0.2) is 30.6 Å². The number of benzene rings is 1. The minimum Gasteiger partial charge on any atom is -0.435 e. The fourth-order valence-electron chi connectivity index (χ4n) is 1.91. The number of nitrogens with one attached hydrogen (secondary N) is 1. The van der Waals surface area contributed by atoms with E-state index in [0.29, 0.717) is 5.88 Å². The number of nitrogens with zero attached hydrogens (tertiary/aromatic N) is 2. The Morgan fingerprint density at radius 2 is 2.00 bits per heavy atom. The van der Waals surface area contributed by atoms with Gasteiger partial charge >= 0.3 is 0 Å². The van der Waals surface area contributed by atoms with E-state index in [1.54, 1.807) is 18.2 Å². The zero-order valence-corrected chi connectivity index (χ0v) is 11.7. The summed E-state index contributed by atoms with van der Waals surface area (Å²) in [6.07, 6.45) is 3.12. The van der Waals surface area contributed by atoms with Crippen LogP contribution in [0.5, 0.6) is 11.6 Å². The molecule has 5 heteroatoms. The number of ether oxygens (including phenoxy) is 1. The molecule has 1 aromatic heterocycles.